The first-order valence-corrected chi connectivity index (χ1v) is 8.60. The fourth-order valence-electron chi connectivity index (χ4n) is 3.12. The molecule has 0 saturated heterocycles. The van der Waals surface area contributed by atoms with Crippen molar-refractivity contribution in [2.45, 2.75) is 20.8 Å². The Labute approximate surface area is 153 Å². The quantitative estimate of drug-likeness (QED) is 0.664. The number of hydrogen-bond acceptors (Lipinski definition) is 3. The van der Waals surface area contributed by atoms with Crippen LogP contribution in [0.3, 0.4) is 0 Å². The van der Waals surface area contributed by atoms with Crippen LogP contribution in [0.15, 0.2) is 60.7 Å². The maximum Gasteiger partial charge on any atom is 0.183 e. The van der Waals surface area contributed by atoms with Gasteiger partial charge in [-0.1, -0.05) is 18.2 Å². The van der Waals surface area contributed by atoms with Gasteiger partial charge in [0.1, 0.15) is 0 Å². The molecule has 0 unspecified atom stereocenters. The molecule has 4 heteroatoms. The predicted molar refractivity (Wildman–Crippen MR) is 105 cm³/mol. The number of ketones is 2. The molecule has 0 amide bonds. The number of Topliss-reactive ketones (excluding diaryl/α,β-unsaturated/α-hetero) is 2. The molecule has 0 aliphatic heterocycles. The molecule has 26 heavy (non-hydrogen) atoms. The van der Waals surface area contributed by atoms with E-state index >= 15 is 0 Å². The number of aryl methyl sites for hydroxylation is 1. The highest BCUT2D eigenvalue weighted by molar-refractivity contribution is 6.00. The Balaban J connectivity index is 1.75. The lowest BCUT2D eigenvalue weighted by Gasteiger charge is -2.10. The first-order chi connectivity index (χ1) is 12.5. The van der Waals surface area contributed by atoms with Gasteiger partial charge in [-0.3, -0.25) is 9.59 Å². The summed E-state index contributed by atoms with van der Waals surface area (Å²) < 4.78 is 2.09. The minimum absolute atomic E-state index is 0.0287. The average Bonchev–Trinajstić information content (AvgIpc) is 2.95. The molecule has 0 radical (unpaired) electrons. The van der Waals surface area contributed by atoms with E-state index in [9.17, 15) is 9.59 Å². The highest BCUT2D eigenvalue weighted by Gasteiger charge is 2.16. The van der Waals surface area contributed by atoms with Gasteiger partial charge in [0.2, 0.25) is 0 Å². The van der Waals surface area contributed by atoms with Gasteiger partial charge >= 0.3 is 0 Å². The molecule has 0 bridgehead atoms. The minimum Gasteiger partial charge on any atom is -0.378 e. The monoisotopic (exact) mass is 346 g/mol. The van der Waals surface area contributed by atoms with Crippen LogP contribution < -0.4 is 5.32 Å². The molecule has 3 aromatic rings. The molecular weight excluding hydrogens is 324 g/mol. The lowest BCUT2D eigenvalue weighted by molar-refractivity contribution is 0.1000. The normalized spacial score (nSPS) is 10.6. The van der Waals surface area contributed by atoms with Crippen LogP contribution in [0.2, 0.25) is 0 Å². The van der Waals surface area contributed by atoms with Crippen molar-refractivity contribution >= 4 is 17.3 Å². The van der Waals surface area contributed by atoms with Crippen LogP contribution in [-0.2, 0) is 0 Å². The molecular formula is C22H22N2O2. The average molecular weight is 346 g/mol. The zero-order chi connectivity index (χ0) is 18.7. The molecule has 1 N–H and O–H groups in total. The van der Waals surface area contributed by atoms with Crippen LogP contribution in [0.25, 0.3) is 5.69 Å². The van der Waals surface area contributed by atoms with E-state index in [1.54, 1.807) is 12.1 Å². The second-order valence-corrected chi connectivity index (χ2v) is 6.37. The second-order valence-electron chi connectivity index (χ2n) is 6.37. The van der Waals surface area contributed by atoms with Crippen molar-refractivity contribution in [3.8, 4) is 5.69 Å². The molecule has 0 aliphatic carbocycles. The molecule has 3 rings (SSSR count). The number of para-hydroxylation sites is 1. The maximum absolute atomic E-state index is 12.7. The first kappa shape index (κ1) is 17.7. The summed E-state index contributed by atoms with van der Waals surface area (Å²) in [6, 6.07) is 19.1. The van der Waals surface area contributed by atoms with Crippen molar-refractivity contribution in [3.63, 3.8) is 0 Å². The summed E-state index contributed by atoms with van der Waals surface area (Å²) >= 11 is 0. The van der Waals surface area contributed by atoms with Crippen LogP contribution in [0, 0.1) is 13.8 Å². The summed E-state index contributed by atoms with van der Waals surface area (Å²) in [6.07, 6.45) is 0. The summed E-state index contributed by atoms with van der Waals surface area (Å²) in [5.74, 6) is 0.0666. The highest BCUT2D eigenvalue weighted by Crippen LogP contribution is 2.21. The van der Waals surface area contributed by atoms with Crippen molar-refractivity contribution in [1.29, 1.82) is 0 Å². The fourth-order valence-corrected chi connectivity index (χ4v) is 3.12. The number of nitrogens with zero attached hydrogens (tertiary/aromatic N) is 1. The fraction of sp³-hybridized carbons (Fsp3) is 0.182. The van der Waals surface area contributed by atoms with Crippen molar-refractivity contribution in [1.82, 2.24) is 4.57 Å². The number of carbonyl (C=O) groups excluding carboxylic acids is 2. The van der Waals surface area contributed by atoms with Gasteiger partial charge in [-0.2, -0.15) is 0 Å². The summed E-state index contributed by atoms with van der Waals surface area (Å²) in [4.78, 5) is 24.0. The van der Waals surface area contributed by atoms with Crippen molar-refractivity contribution in [2.75, 3.05) is 11.9 Å². The first-order valence-electron chi connectivity index (χ1n) is 8.60. The summed E-state index contributed by atoms with van der Waals surface area (Å²) in [5.41, 5.74) is 5.22. The third kappa shape index (κ3) is 3.59. The lowest BCUT2D eigenvalue weighted by atomic mass is 10.1. The van der Waals surface area contributed by atoms with Gasteiger partial charge in [-0.25, -0.2) is 0 Å². The maximum atomic E-state index is 12.7. The van der Waals surface area contributed by atoms with Gasteiger partial charge < -0.3 is 9.88 Å². The highest BCUT2D eigenvalue weighted by atomic mass is 16.1. The molecule has 2 aromatic carbocycles. The van der Waals surface area contributed by atoms with Crippen molar-refractivity contribution in [2.24, 2.45) is 0 Å². The van der Waals surface area contributed by atoms with Gasteiger partial charge in [-0.15, -0.1) is 0 Å². The Morgan fingerprint density at radius 2 is 1.62 bits per heavy atom. The van der Waals surface area contributed by atoms with Crippen LogP contribution in [0.4, 0.5) is 5.69 Å². The number of aromatic nitrogens is 1. The van der Waals surface area contributed by atoms with E-state index in [4.69, 9.17) is 0 Å². The lowest BCUT2D eigenvalue weighted by Crippen LogP contribution is -2.15. The molecule has 0 saturated carbocycles. The summed E-state index contributed by atoms with van der Waals surface area (Å²) in [6.45, 7) is 5.71. The number of rotatable bonds is 6. The van der Waals surface area contributed by atoms with Gasteiger partial charge in [0.15, 0.2) is 11.6 Å². The Morgan fingerprint density at radius 1 is 0.962 bits per heavy atom. The molecule has 0 aliphatic rings. The molecule has 0 fully saturated rings. The van der Waals surface area contributed by atoms with Crippen molar-refractivity contribution in [3.05, 3.63) is 83.2 Å². The largest absolute Gasteiger partial charge is 0.378 e. The predicted octanol–water partition coefficient (Wildman–Crippen LogP) is 4.59. The van der Waals surface area contributed by atoms with E-state index < -0.39 is 0 Å². The molecule has 132 valence electrons. The van der Waals surface area contributed by atoms with Gasteiger partial charge in [0.05, 0.1) is 6.54 Å². The van der Waals surface area contributed by atoms with E-state index in [0.29, 0.717) is 5.56 Å². The third-order valence-electron chi connectivity index (χ3n) is 4.49. The second kappa shape index (κ2) is 7.40. The molecule has 4 nitrogen and oxygen atoms in total. The smallest absolute Gasteiger partial charge is 0.183 e. The topological polar surface area (TPSA) is 51.1 Å². The van der Waals surface area contributed by atoms with Crippen LogP contribution in [0.1, 0.15) is 39.0 Å². The SMILES string of the molecule is CC(=O)c1ccc(NCC(=O)c2cc(C)n(-c3ccccc3)c2C)cc1. The number of anilines is 1. The number of benzene rings is 2. The van der Waals surface area contributed by atoms with Crippen LogP contribution in [0.5, 0.6) is 0 Å². The van der Waals surface area contributed by atoms with Crippen LogP contribution in [-0.4, -0.2) is 22.7 Å². The number of hydrogen-bond donors (Lipinski definition) is 1. The Morgan fingerprint density at radius 3 is 2.23 bits per heavy atom. The van der Waals surface area contributed by atoms with E-state index in [1.807, 2.05) is 62.4 Å². The molecule has 1 heterocycles. The van der Waals surface area contributed by atoms with E-state index in [2.05, 4.69) is 9.88 Å². The molecule has 0 atom stereocenters. The standard InChI is InChI=1S/C22H22N2O2/c1-15-13-21(16(2)24(15)20-7-5-4-6-8-20)22(26)14-23-19-11-9-18(10-12-19)17(3)25/h4-13,23H,14H2,1-3H3. The minimum atomic E-state index is 0.0287. The number of carbonyl (C=O) groups is 2. The number of nitrogens with one attached hydrogen (secondary N) is 1. The Hall–Kier alpha value is -3.14. The van der Waals surface area contributed by atoms with Crippen LogP contribution >= 0.6 is 0 Å². The Bertz CT molecular complexity index is 938. The Kier molecular flexibility index (Phi) is 5.03. The summed E-state index contributed by atoms with van der Waals surface area (Å²) in [7, 11) is 0. The van der Waals surface area contributed by atoms with Gasteiger partial charge in [0, 0.05) is 33.9 Å². The van der Waals surface area contributed by atoms with Crippen molar-refractivity contribution < 1.29 is 9.59 Å². The zero-order valence-corrected chi connectivity index (χ0v) is 15.2. The molecule has 0 spiro atoms. The van der Waals surface area contributed by atoms with Gasteiger partial charge in [0.25, 0.3) is 0 Å². The third-order valence-corrected chi connectivity index (χ3v) is 4.49. The van der Waals surface area contributed by atoms with E-state index in [1.165, 1.54) is 6.92 Å². The van der Waals surface area contributed by atoms with E-state index in [0.717, 1.165) is 28.3 Å². The summed E-state index contributed by atoms with van der Waals surface area (Å²) in [5, 5.41) is 3.13. The van der Waals surface area contributed by atoms with Gasteiger partial charge in [-0.05, 0) is 63.2 Å². The zero-order valence-electron chi connectivity index (χ0n) is 15.2. The molecule has 1 aromatic heterocycles. The van der Waals surface area contributed by atoms with E-state index in [-0.39, 0.29) is 18.1 Å².